The van der Waals surface area contributed by atoms with Gasteiger partial charge in [-0.1, -0.05) is 18.2 Å². The van der Waals surface area contributed by atoms with Crippen molar-refractivity contribution in [1.82, 2.24) is 0 Å². The van der Waals surface area contributed by atoms with Crippen LogP contribution in [-0.4, -0.2) is 16.8 Å². The van der Waals surface area contributed by atoms with Gasteiger partial charge in [-0.05, 0) is 11.6 Å². The fourth-order valence-corrected chi connectivity index (χ4v) is 2.86. The van der Waals surface area contributed by atoms with Gasteiger partial charge in [0.1, 0.15) is 0 Å². The number of fused-ring (bicyclic) bond motifs is 1. The molecule has 0 radical (unpaired) electrons. The second-order valence-electron chi connectivity index (χ2n) is 3.14. The van der Waals surface area contributed by atoms with Crippen molar-refractivity contribution in [2.75, 3.05) is 5.75 Å². The number of hydrogen-bond acceptors (Lipinski definition) is 2. The van der Waals surface area contributed by atoms with Crippen molar-refractivity contribution in [2.24, 2.45) is 0 Å². The van der Waals surface area contributed by atoms with E-state index >= 15 is 0 Å². The van der Waals surface area contributed by atoms with Gasteiger partial charge >= 0.3 is 5.97 Å². The lowest BCUT2D eigenvalue weighted by Gasteiger charge is -2.05. The summed E-state index contributed by atoms with van der Waals surface area (Å²) in [5.74, 6) is 0.409. The summed E-state index contributed by atoms with van der Waals surface area (Å²) in [5, 5.41) is 8.69. The van der Waals surface area contributed by atoms with E-state index < -0.39 is 5.97 Å². The van der Waals surface area contributed by atoms with E-state index in [1.54, 1.807) is 11.8 Å². The Morgan fingerprint density at radius 3 is 3.08 bits per heavy atom. The summed E-state index contributed by atoms with van der Waals surface area (Å²) >= 11 is 1.75. The van der Waals surface area contributed by atoms with E-state index in [2.05, 4.69) is 6.07 Å². The average Bonchev–Trinajstić information content (AvgIpc) is 2.48. The van der Waals surface area contributed by atoms with Crippen molar-refractivity contribution in [3.63, 3.8) is 0 Å². The quantitative estimate of drug-likeness (QED) is 0.785. The number of carbonyl (C=O) groups is 1. The zero-order valence-corrected chi connectivity index (χ0v) is 7.88. The lowest BCUT2D eigenvalue weighted by molar-refractivity contribution is -0.137. The molecule has 0 fully saturated rings. The summed E-state index contributed by atoms with van der Waals surface area (Å²) in [5.41, 5.74) is 1.20. The minimum absolute atomic E-state index is 0.207. The van der Waals surface area contributed by atoms with Crippen LogP contribution in [0.3, 0.4) is 0 Å². The molecule has 2 nitrogen and oxygen atoms in total. The van der Waals surface area contributed by atoms with E-state index in [1.807, 2.05) is 18.2 Å². The van der Waals surface area contributed by atoms with Crippen molar-refractivity contribution < 1.29 is 9.90 Å². The van der Waals surface area contributed by atoms with Crippen LogP contribution in [0.4, 0.5) is 0 Å². The standard InChI is InChI=1S/C10H10O2S/c11-10(12)5-7-6-13-9-4-2-1-3-8(7)9/h1-4,7H,5-6H2,(H,11,12). The van der Waals surface area contributed by atoms with Crippen molar-refractivity contribution in [3.05, 3.63) is 29.8 Å². The van der Waals surface area contributed by atoms with Crippen LogP contribution in [0.2, 0.25) is 0 Å². The Bertz CT molecular complexity index is 335. The molecule has 1 aliphatic rings. The van der Waals surface area contributed by atoms with Crippen LogP contribution in [0.15, 0.2) is 29.2 Å². The number of rotatable bonds is 2. The molecule has 1 N–H and O–H groups in total. The SMILES string of the molecule is O=C(O)CC1CSc2ccccc21. The predicted octanol–water partition coefficient (Wildman–Crippen LogP) is 2.35. The molecule has 1 aromatic carbocycles. The highest BCUT2D eigenvalue weighted by Gasteiger charge is 2.24. The number of carboxylic acids is 1. The Labute approximate surface area is 81.0 Å². The summed E-state index contributed by atoms with van der Waals surface area (Å²) in [6.45, 7) is 0. The Balaban J connectivity index is 2.23. The molecule has 0 saturated heterocycles. The summed E-state index contributed by atoms with van der Waals surface area (Å²) in [6.07, 6.45) is 0.254. The first-order chi connectivity index (χ1) is 6.27. The van der Waals surface area contributed by atoms with E-state index in [0.29, 0.717) is 0 Å². The van der Waals surface area contributed by atoms with Gasteiger partial charge in [0.25, 0.3) is 0 Å². The lowest BCUT2D eigenvalue weighted by atomic mass is 9.98. The second kappa shape index (κ2) is 3.42. The summed E-state index contributed by atoms with van der Waals surface area (Å²) in [6, 6.07) is 8.05. The molecule has 1 aliphatic heterocycles. The van der Waals surface area contributed by atoms with Crippen LogP contribution >= 0.6 is 11.8 Å². The van der Waals surface area contributed by atoms with Crippen LogP contribution in [0.1, 0.15) is 17.9 Å². The molecule has 0 bridgehead atoms. The third kappa shape index (κ3) is 1.70. The topological polar surface area (TPSA) is 37.3 Å². The molecular formula is C10H10O2S. The average molecular weight is 194 g/mol. The lowest BCUT2D eigenvalue weighted by Crippen LogP contribution is -2.04. The van der Waals surface area contributed by atoms with E-state index in [4.69, 9.17) is 5.11 Å². The molecule has 1 heterocycles. The number of aliphatic carboxylic acids is 1. The normalized spacial score (nSPS) is 19.8. The monoisotopic (exact) mass is 194 g/mol. The Morgan fingerprint density at radius 2 is 2.31 bits per heavy atom. The molecule has 2 rings (SSSR count). The molecule has 1 atom stereocenters. The van der Waals surface area contributed by atoms with Crippen LogP contribution in [0.25, 0.3) is 0 Å². The van der Waals surface area contributed by atoms with Gasteiger partial charge in [0.15, 0.2) is 0 Å². The van der Waals surface area contributed by atoms with E-state index in [1.165, 1.54) is 10.5 Å². The minimum Gasteiger partial charge on any atom is -0.481 e. The predicted molar refractivity (Wildman–Crippen MR) is 52.2 cm³/mol. The largest absolute Gasteiger partial charge is 0.481 e. The molecule has 3 heteroatoms. The molecule has 1 aromatic rings. The summed E-state index contributed by atoms with van der Waals surface area (Å²) in [4.78, 5) is 11.8. The van der Waals surface area contributed by atoms with E-state index in [-0.39, 0.29) is 12.3 Å². The summed E-state index contributed by atoms with van der Waals surface area (Å²) in [7, 11) is 0. The Kier molecular flexibility index (Phi) is 2.27. The first kappa shape index (κ1) is 8.63. The van der Waals surface area contributed by atoms with Crippen LogP contribution in [-0.2, 0) is 4.79 Å². The highest BCUT2D eigenvalue weighted by Crippen LogP contribution is 2.40. The van der Waals surface area contributed by atoms with Gasteiger partial charge in [-0.2, -0.15) is 0 Å². The van der Waals surface area contributed by atoms with Gasteiger partial charge in [-0.3, -0.25) is 4.79 Å². The minimum atomic E-state index is -0.706. The van der Waals surface area contributed by atoms with Gasteiger partial charge < -0.3 is 5.11 Å². The molecule has 68 valence electrons. The highest BCUT2D eigenvalue weighted by molar-refractivity contribution is 7.99. The molecule has 0 saturated carbocycles. The van der Waals surface area contributed by atoms with Gasteiger partial charge in [-0.25, -0.2) is 0 Å². The third-order valence-corrected chi connectivity index (χ3v) is 3.47. The third-order valence-electron chi connectivity index (χ3n) is 2.22. The van der Waals surface area contributed by atoms with Gasteiger partial charge in [-0.15, -0.1) is 11.8 Å². The highest BCUT2D eigenvalue weighted by atomic mass is 32.2. The molecule has 1 unspecified atom stereocenters. The molecule has 0 aliphatic carbocycles. The van der Waals surface area contributed by atoms with Gasteiger partial charge in [0, 0.05) is 16.6 Å². The Hall–Kier alpha value is -0.960. The molecular weight excluding hydrogens is 184 g/mol. The maximum atomic E-state index is 10.6. The summed E-state index contributed by atoms with van der Waals surface area (Å²) < 4.78 is 0. The number of benzene rings is 1. The van der Waals surface area contributed by atoms with Crippen LogP contribution in [0.5, 0.6) is 0 Å². The molecule has 0 spiro atoms. The molecule has 0 aromatic heterocycles. The maximum Gasteiger partial charge on any atom is 0.303 e. The molecule has 13 heavy (non-hydrogen) atoms. The molecule has 0 amide bonds. The number of thioether (sulfide) groups is 1. The van der Waals surface area contributed by atoms with Crippen molar-refractivity contribution >= 4 is 17.7 Å². The fourth-order valence-electron chi connectivity index (χ4n) is 1.61. The Morgan fingerprint density at radius 1 is 1.54 bits per heavy atom. The van der Waals surface area contributed by atoms with E-state index in [0.717, 1.165) is 5.75 Å². The van der Waals surface area contributed by atoms with Crippen LogP contribution in [0, 0.1) is 0 Å². The zero-order valence-electron chi connectivity index (χ0n) is 7.06. The zero-order chi connectivity index (χ0) is 9.26. The first-order valence-corrected chi connectivity index (χ1v) is 5.19. The smallest absolute Gasteiger partial charge is 0.303 e. The van der Waals surface area contributed by atoms with Crippen molar-refractivity contribution in [3.8, 4) is 0 Å². The van der Waals surface area contributed by atoms with Crippen LogP contribution < -0.4 is 0 Å². The second-order valence-corrected chi connectivity index (χ2v) is 4.21. The maximum absolute atomic E-state index is 10.6. The number of hydrogen-bond donors (Lipinski definition) is 1. The van der Waals surface area contributed by atoms with Crippen molar-refractivity contribution in [2.45, 2.75) is 17.2 Å². The fraction of sp³-hybridized carbons (Fsp3) is 0.300. The van der Waals surface area contributed by atoms with Crippen molar-refractivity contribution in [1.29, 1.82) is 0 Å². The van der Waals surface area contributed by atoms with E-state index in [9.17, 15) is 4.79 Å². The first-order valence-electron chi connectivity index (χ1n) is 4.21. The van der Waals surface area contributed by atoms with Gasteiger partial charge in [0.05, 0.1) is 6.42 Å². The van der Waals surface area contributed by atoms with Gasteiger partial charge in [0.2, 0.25) is 0 Å². The number of carboxylic acid groups (broad SMARTS) is 1.